The molecule has 0 aliphatic rings. The van der Waals surface area contributed by atoms with Crippen LogP contribution in [0.15, 0.2) is 30.6 Å². The molecule has 2 N–H and O–H groups in total. The molecule has 0 spiro atoms. The molecule has 0 amide bonds. The van der Waals surface area contributed by atoms with Crippen LogP contribution in [0.1, 0.15) is 56.8 Å². The molecular weight excluding hydrogens is 346 g/mol. The van der Waals surface area contributed by atoms with E-state index in [9.17, 15) is 9.90 Å². The summed E-state index contributed by atoms with van der Waals surface area (Å²) in [5.74, 6) is -0.849. The van der Waals surface area contributed by atoms with E-state index in [1.807, 2.05) is 39.0 Å². The maximum Gasteiger partial charge on any atom is 0.316 e. The third kappa shape index (κ3) is 5.65. The van der Waals surface area contributed by atoms with E-state index in [4.69, 9.17) is 9.47 Å². The minimum Gasteiger partial charge on any atom is -0.481 e. The smallest absolute Gasteiger partial charge is 0.316 e. The van der Waals surface area contributed by atoms with Crippen LogP contribution in [0.5, 0.6) is 6.01 Å². The fraction of sp³-hybridized carbons (Fsp3) is 0.450. The van der Waals surface area contributed by atoms with Gasteiger partial charge in [0.1, 0.15) is 0 Å². The number of methoxy groups -OCH3 is 1. The molecule has 27 heavy (non-hydrogen) atoms. The Balaban J connectivity index is 2.38. The molecule has 2 atom stereocenters. The standard InChI is InChI=1S/C20H27N3O4/c1-5-14(10-19(24)25)15-7-8-17(13(3)27-6-2)18(9-15)23-16-11-21-20(26-4)22-12-16/h7-9,11-14,23H,5-6,10H2,1-4H3,(H,24,25)/t13-,14+/m1/s1. The van der Waals surface area contributed by atoms with Crippen LogP contribution in [0.4, 0.5) is 11.4 Å². The van der Waals surface area contributed by atoms with E-state index in [1.54, 1.807) is 12.4 Å². The van der Waals surface area contributed by atoms with Crippen molar-refractivity contribution in [2.45, 2.75) is 45.6 Å². The summed E-state index contributed by atoms with van der Waals surface area (Å²) in [5, 5.41) is 12.5. The van der Waals surface area contributed by atoms with Crippen molar-refractivity contribution in [3.8, 4) is 6.01 Å². The predicted octanol–water partition coefficient (Wildman–Crippen LogP) is 4.29. The number of aromatic nitrogens is 2. The molecule has 1 aromatic heterocycles. The summed E-state index contributed by atoms with van der Waals surface area (Å²) in [6, 6.07) is 6.27. The summed E-state index contributed by atoms with van der Waals surface area (Å²) in [5.41, 5.74) is 3.53. The van der Waals surface area contributed by atoms with E-state index in [1.165, 1.54) is 7.11 Å². The molecular formula is C20H27N3O4. The van der Waals surface area contributed by atoms with Gasteiger partial charge in [0.25, 0.3) is 0 Å². The number of nitrogens with zero attached hydrogens (tertiary/aromatic N) is 2. The third-order valence-electron chi connectivity index (χ3n) is 4.41. The van der Waals surface area contributed by atoms with Crippen molar-refractivity contribution in [3.05, 3.63) is 41.7 Å². The molecule has 2 rings (SSSR count). The molecule has 0 saturated heterocycles. The van der Waals surface area contributed by atoms with Gasteiger partial charge in [-0.15, -0.1) is 0 Å². The van der Waals surface area contributed by atoms with Crippen LogP contribution >= 0.6 is 0 Å². The van der Waals surface area contributed by atoms with Gasteiger partial charge in [0.2, 0.25) is 0 Å². The highest BCUT2D eigenvalue weighted by atomic mass is 16.5. The Morgan fingerprint density at radius 2 is 1.96 bits per heavy atom. The molecule has 7 heteroatoms. The van der Waals surface area contributed by atoms with E-state index >= 15 is 0 Å². The van der Waals surface area contributed by atoms with Crippen LogP contribution in [0, 0.1) is 0 Å². The first-order valence-corrected chi connectivity index (χ1v) is 9.08. The van der Waals surface area contributed by atoms with E-state index in [0.29, 0.717) is 18.3 Å². The topological polar surface area (TPSA) is 93.6 Å². The lowest BCUT2D eigenvalue weighted by Gasteiger charge is -2.21. The van der Waals surface area contributed by atoms with E-state index in [2.05, 4.69) is 15.3 Å². The monoisotopic (exact) mass is 373 g/mol. The lowest BCUT2D eigenvalue weighted by atomic mass is 9.91. The Morgan fingerprint density at radius 3 is 2.52 bits per heavy atom. The normalized spacial score (nSPS) is 13.0. The molecule has 1 aromatic carbocycles. The van der Waals surface area contributed by atoms with Crippen molar-refractivity contribution in [2.24, 2.45) is 0 Å². The molecule has 1 heterocycles. The van der Waals surface area contributed by atoms with Gasteiger partial charge in [-0.05, 0) is 37.8 Å². The Morgan fingerprint density at radius 1 is 1.26 bits per heavy atom. The second-order valence-corrected chi connectivity index (χ2v) is 6.23. The van der Waals surface area contributed by atoms with E-state index in [0.717, 1.165) is 23.2 Å². The molecule has 0 aliphatic carbocycles. The predicted molar refractivity (Wildman–Crippen MR) is 104 cm³/mol. The highest BCUT2D eigenvalue weighted by molar-refractivity contribution is 5.69. The number of benzene rings is 1. The number of hydrogen-bond acceptors (Lipinski definition) is 6. The number of nitrogens with one attached hydrogen (secondary N) is 1. The molecule has 0 aliphatic heterocycles. The van der Waals surface area contributed by atoms with Gasteiger partial charge in [0.05, 0.1) is 37.7 Å². The van der Waals surface area contributed by atoms with Gasteiger partial charge in [-0.3, -0.25) is 4.79 Å². The van der Waals surface area contributed by atoms with Crippen LogP contribution in [-0.2, 0) is 9.53 Å². The van der Waals surface area contributed by atoms with Crippen molar-refractivity contribution < 1.29 is 19.4 Å². The molecule has 0 bridgehead atoms. The average Bonchev–Trinajstić information content (AvgIpc) is 2.66. The number of rotatable bonds is 10. The van der Waals surface area contributed by atoms with Crippen molar-refractivity contribution in [3.63, 3.8) is 0 Å². The summed E-state index contributed by atoms with van der Waals surface area (Å²) < 4.78 is 10.7. The van der Waals surface area contributed by atoms with Crippen molar-refractivity contribution in [1.29, 1.82) is 0 Å². The highest BCUT2D eigenvalue weighted by Crippen LogP contribution is 2.33. The molecule has 0 saturated carbocycles. The summed E-state index contributed by atoms with van der Waals surface area (Å²) in [7, 11) is 1.51. The number of carboxylic acids is 1. The molecule has 2 aromatic rings. The number of anilines is 2. The first-order chi connectivity index (χ1) is 13.0. The van der Waals surface area contributed by atoms with Gasteiger partial charge < -0.3 is 19.9 Å². The minimum atomic E-state index is -0.799. The summed E-state index contributed by atoms with van der Waals surface area (Å²) >= 11 is 0. The zero-order valence-electron chi connectivity index (χ0n) is 16.2. The number of ether oxygens (including phenoxy) is 2. The van der Waals surface area contributed by atoms with Crippen molar-refractivity contribution in [1.82, 2.24) is 9.97 Å². The SMILES string of the molecule is CCO[C@H](C)c1ccc([C@@H](CC)CC(=O)O)cc1Nc1cnc(OC)nc1. The van der Waals surface area contributed by atoms with Crippen LogP contribution in [0.2, 0.25) is 0 Å². The summed E-state index contributed by atoms with van der Waals surface area (Å²) in [4.78, 5) is 19.4. The van der Waals surface area contributed by atoms with Crippen LogP contribution in [0.3, 0.4) is 0 Å². The average molecular weight is 373 g/mol. The zero-order chi connectivity index (χ0) is 19.8. The largest absolute Gasteiger partial charge is 0.481 e. The van der Waals surface area contributed by atoms with Crippen molar-refractivity contribution in [2.75, 3.05) is 19.0 Å². The van der Waals surface area contributed by atoms with Gasteiger partial charge in [0, 0.05) is 17.9 Å². The lowest BCUT2D eigenvalue weighted by Crippen LogP contribution is -2.09. The highest BCUT2D eigenvalue weighted by Gasteiger charge is 2.18. The Kier molecular flexibility index (Phi) is 7.55. The fourth-order valence-corrected chi connectivity index (χ4v) is 2.98. The second kappa shape index (κ2) is 9.87. The van der Waals surface area contributed by atoms with Gasteiger partial charge >= 0.3 is 12.0 Å². The minimum absolute atomic E-state index is 0.0494. The number of hydrogen-bond donors (Lipinski definition) is 2. The molecule has 0 radical (unpaired) electrons. The molecule has 0 fully saturated rings. The maximum atomic E-state index is 11.2. The maximum absolute atomic E-state index is 11.2. The summed E-state index contributed by atoms with van der Waals surface area (Å²) in [6.07, 6.45) is 4.02. The zero-order valence-corrected chi connectivity index (χ0v) is 16.2. The van der Waals surface area contributed by atoms with Crippen LogP contribution in [0.25, 0.3) is 0 Å². The Labute approximate surface area is 159 Å². The van der Waals surface area contributed by atoms with Gasteiger partial charge in [-0.2, -0.15) is 0 Å². The van der Waals surface area contributed by atoms with Gasteiger partial charge in [0.15, 0.2) is 0 Å². The summed E-state index contributed by atoms with van der Waals surface area (Å²) in [6.45, 7) is 6.54. The van der Waals surface area contributed by atoms with Crippen LogP contribution in [-0.4, -0.2) is 34.8 Å². The second-order valence-electron chi connectivity index (χ2n) is 6.23. The fourth-order valence-electron chi connectivity index (χ4n) is 2.98. The Hall–Kier alpha value is -2.67. The van der Waals surface area contributed by atoms with Gasteiger partial charge in [-0.25, -0.2) is 9.97 Å². The number of carboxylic acid groups (broad SMARTS) is 1. The first kappa shape index (κ1) is 20.6. The Bertz CT molecular complexity index is 749. The third-order valence-corrected chi connectivity index (χ3v) is 4.41. The van der Waals surface area contributed by atoms with Crippen molar-refractivity contribution >= 4 is 17.3 Å². The van der Waals surface area contributed by atoms with E-state index < -0.39 is 5.97 Å². The first-order valence-electron chi connectivity index (χ1n) is 9.08. The van der Waals surface area contributed by atoms with Gasteiger partial charge in [-0.1, -0.05) is 19.1 Å². The van der Waals surface area contributed by atoms with Crippen LogP contribution < -0.4 is 10.1 Å². The lowest BCUT2D eigenvalue weighted by molar-refractivity contribution is -0.137. The van der Waals surface area contributed by atoms with E-state index in [-0.39, 0.29) is 18.4 Å². The number of carbonyl (C=O) groups is 1. The quantitative estimate of drug-likeness (QED) is 0.641. The molecule has 0 unspecified atom stereocenters. The molecule has 7 nitrogen and oxygen atoms in total. The number of aliphatic carboxylic acids is 1. The molecule has 146 valence electrons.